The number of primary amides is 1. The van der Waals surface area contributed by atoms with Crippen LogP contribution in [0.1, 0.15) is 41.1 Å². The molecular weight excluding hydrogens is 468 g/mol. The second-order valence-corrected chi connectivity index (χ2v) is 8.43. The number of carbonyl (C=O) groups is 1. The lowest BCUT2D eigenvalue weighted by atomic mass is 10.0. The number of nitrogens with one attached hydrogen (secondary N) is 2. The second-order valence-electron chi connectivity index (χ2n) is 7.37. The van der Waals surface area contributed by atoms with E-state index in [2.05, 4.69) is 20.5 Å². The number of hydrogen-bond donors (Lipinski definition) is 4. The van der Waals surface area contributed by atoms with Gasteiger partial charge in [-0.15, -0.1) is 16.4 Å². The van der Waals surface area contributed by atoms with Gasteiger partial charge in [-0.2, -0.15) is 0 Å². The van der Waals surface area contributed by atoms with Gasteiger partial charge in [0.15, 0.2) is 0 Å². The molecule has 1 unspecified atom stereocenters. The molecule has 4 rings (SSSR count). The van der Waals surface area contributed by atoms with E-state index >= 15 is 0 Å². The third-order valence-corrected chi connectivity index (χ3v) is 6.14. The highest BCUT2D eigenvalue weighted by atomic mass is 32.1. The number of amides is 1. The lowest BCUT2D eigenvalue weighted by Crippen LogP contribution is -2.11. The van der Waals surface area contributed by atoms with Gasteiger partial charge in [-0.3, -0.25) is 4.79 Å². The van der Waals surface area contributed by atoms with Crippen LogP contribution in [0.25, 0.3) is 21.9 Å². The molecule has 0 saturated carbocycles. The maximum Gasteiger partial charge on any atom is 0.434 e. The van der Waals surface area contributed by atoms with Crippen LogP contribution >= 0.6 is 11.3 Å². The monoisotopic (exact) mass is 487 g/mol. The molecule has 0 aliphatic heterocycles. The van der Waals surface area contributed by atoms with Crippen LogP contribution in [0.15, 0.2) is 39.5 Å². The van der Waals surface area contributed by atoms with Crippen LogP contribution in [0.5, 0.6) is 0 Å². The molecule has 0 aliphatic carbocycles. The smallest absolute Gasteiger partial charge is 0.388 e. The number of pyridine rings is 1. The van der Waals surface area contributed by atoms with E-state index in [0.29, 0.717) is 23.5 Å². The third kappa shape index (κ3) is 4.45. The number of nitrogens with zero attached hydrogens (tertiary/aromatic N) is 2. The summed E-state index contributed by atoms with van der Waals surface area (Å²) in [7, 11) is 0. The molecule has 0 radical (unpaired) electrons. The molecule has 176 valence electrons. The highest BCUT2D eigenvalue weighted by molar-refractivity contribution is 7.20. The first-order valence-corrected chi connectivity index (χ1v) is 10.9. The summed E-state index contributed by atoms with van der Waals surface area (Å²) in [5.74, 6) is -2.85. The van der Waals surface area contributed by atoms with Gasteiger partial charge in [0.25, 0.3) is 11.8 Å². The van der Waals surface area contributed by atoms with Crippen LogP contribution < -0.4 is 16.8 Å². The first-order valence-electron chi connectivity index (χ1n) is 10.1. The number of aromatic amines is 1. The van der Waals surface area contributed by atoms with Gasteiger partial charge in [0.2, 0.25) is 0 Å². The number of aryl methyl sites for hydroxylation is 1. The molecular formula is C22H19F2N5O4S. The van der Waals surface area contributed by atoms with Crippen molar-refractivity contribution in [3.8, 4) is 21.9 Å². The van der Waals surface area contributed by atoms with Crippen molar-refractivity contribution in [3.63, 3.8) is 0 Å². The predicted molar refractivity (Wildman–Crippen MR) is 122 cm³/mol. The molecule has 5 N–H and O–H groups in total. The van der Waals surface area contributed by atoms with Gasteiger partial charge in [-0.25, -0.2) is 23.7 Å². The summed E-state index contributed by atoms with van der Waals surface area (Å²) >= 11 is 0.922. The molecule has 12 heteroatoms. The van der Waals surface area contributed by atoms with E-state index in [1.165, 1.54) is 6.07 Å². The number of aromatic nitrogens is 3. The van der Waals surface area contributed by atoms with Crippen molar-refractivity contribution in [2.24, 2.45) is 5.73 Å². The summed E-state index contributed by atoms with van der Waals surface area (Å²) in [4.78, 5) is 27.7. The lowest BCUT2D eigenvalue weighted by Gasteiger charge is -2.11. The van der Waals surface area contributed by atoms with E-state index in [0.717, 1.165) is 23.5 Å². The van der Waals surface area contributed by atoms with Gasteiger partial charge in [0.1, 0.15) is 22.5 Å². The minimum atomic E-state index is -0.994. The van der Waals surface area contributed by atoms with Crippen LogP contribution in [-0.2, 0) is 0 Å². The Morgan fingerprint density at radius 2 is 2.00 bits per heavy atom. The van der Waals surface area contributed by atoms with E-state index in [1.807, 2.05) is 0 Å². The van der Waals surface area contributed by atoms with Crippen LogP contribution in [0, 0.1) is 18.6 Å². The first-order chi connectivity index (χ1) is 16.2. The molecule has 34 heavy (non-hydrogen) atoms. The number of nitrogens with two attached hydrogens (primary N) is 1. The van der Waals surface area contributed by atoms with Gasteiger partial charge in [-0.05, 0) is 49.2 Å². The standard InChI is InChI=1S/C22H19F2N5O4S/c1-3-15(30)10-6-13(23)18(14(24)7-10)16-8-12(19(25)31)21(34-16)27-17-5-4-11(9(2)26-17)20-28-29-22(32)33-20/h4-8,15,30H,3H2,1-2H3,(H2,25,31)(H,26,27)(H,29,32). The summed E-state index contributed by atoms with van der Waals surface area (Å²) in [5.41, 5.74) is 6.25. The molecule has 0 aliphatic rings. The minimum absolute atomic E-state index is 0.0262. The molecule has 0 bridgehead atoms. The maximum absolute atomic E-state index is 14.8. The van der Waals surface area contributed by atoms with E-state index < -0.39 is 29.4 Å². The molecule has 0 spiro atoms. The first kappa shape index (κ1) is 23.3. The Balaban J connectivity index is 1.70. The number of aliphatic hydroxyl groups is 1. The molecule has 0 fully saturated rings. The van der Waals surface area contributed by atoms with Crippen molar-refractivity contribution < 1.29 is 23.1 Å². The molecule has 3 aromatic heterocycles. The zero-order chi connectivity index (χ0) is 24.6. The number of aliphatic hydroxyl groups excluding tert-OH is 1. The zero-order valence-corrected chi connectivity index (χ0v) is 18.8. The topological polar surface area (TPSA) is 147 Å². The minimum Gasteiger partial charge on any atom is -0.388 e. The average molecular weight is 487 g/mol. The van der Waals surface area contributed by atoms with Gasteiger partial charge in [0.05, 0.1) is 28.5 Å². The maximum atomic E-state index is 14.8. The highest BCUT2D eigenvalue weighted by Gasteiger charge is 2.22. The van der Waals surface area contributed by atoms with Crippen molar-refractivity contribution in [3.05, 3.63) is 69.3 Å². The van der Waals surface area contributed by atoms with E-state index in [1.54, 1.807) is 26.0 Å². The second kappa shape index (κ2) is 9.15. The van der Waals surface area contributed by atoms with E-state index in [9.17, 15) is 23.5 Å². The van der Waals surface area contributed by atoms with Gasteiger partial charge < -0.3 is 20.6 Å². The van der Waals surface area contributed by atoms with Gasteiger partial charge in [0, 0.05) is 4.88 Å². The molecule has 0 saturated heterocycles. The fourth-order valence-electron chi connectivity index (χ4n) is 3.36. The number of carbonyl (C=O) groups excluding carboxylic acids is 1. The molecule has 3 heterocycles. The summed E-state index contributed by atoms with van der Waals surface area (Å²) < 4.78 is 34.5. The predicted octanol–water partition coefficient (Wildman–Crippen LogP) is 4.03. The summed E-state index contributed by atoms with van der Waals surface area (Å²) in [6, 6.07) is 6.61. The number of anilines is 2. The molecule has 1 atom stereocenters. The number of H-pyrrole nitrogens is 1. The Bertz CT molecular complexity index is 1420. The number of thiophene rings is 1. The number of benzene rings is 1. The largest absolute Gasteiger partial charge is 0.434 e. The quantitative estimate of drug-likeness (QED) is 0.308. The van der Waals surface area contributed by atoms with Crippen molar-refractivity contribution in [2.45, 2.75) is 26.4 Å². The van der Waals surface area contributed by atoms with Crippen LogP contribution in [0.3, 0.4) is 0 Å². The molecule has 1 aromatic carbocycles. The van der Waals surface area contributed by atoms with Crippen molar-refractivity contribution >= 4 is 28.1 Å². The molecule has 1 amide bonds. The zero-order valence-electron chi connectivity index (χ0n) is 18.0. The Labute approximate surface area is 195 Å². The van der Waals surface area contributed by atoms with Crippen LogP contribution in [0.4, 0.5) is 19.6 Å². The van der Waals surface area contributed by atoms with Crippen molar-refractivity contribution in [1.82, 2.24) is 15.2 Å². The summed E-state index contributed by atoms with van der Waals surface area (Å²) in [6.07, 6.45) is -0.694. The van der Waals surface area contributed by atoms with E-state index in [4.69, 9.17) is 10.2 Å². The number of hydrogen-bond acceptors (Lipinski definition) is 8. The Morgan fingerprint density at radius 1 is 1.29 bits per heavy atom. The van der Waals surface area contributed by atoms with E-state index in [-0.39, 0.29) is 32.5 Å². The van der Waals surface area contributed by atoms with Gasteiger partial charge in [-0.1, -0.05) is 6.92 Å². The summed E-state index contributed by atoms with van der Waals surface area (Å²) in [5, 5.41) is 19.0. The highest BCUT2D eigenvalue weighted by Crippen LogP contribution is 2.40. The van der Waals surface area contributed by atoms with Crippen LogP contribution in [0.2, 0.25) is 0 Å². The SMILES string of the molecule is CCC(O)c1cc(F)c(-c2cc(C(N)=O)c(Nc3ccc(-c4n[nH]c(=O)o4)c(C)n3)s2)c(F)c1. The lowest BCUT2D eigenvalue weighted by molar-refractivity contribution is 0.100. The van der Waals surface area contributed by atoms with Crippen molar-refractivity contribution in [1.29, 1.82) is 0 Å². The van der Waals surface area contributed by atoms with Gasteiger partial charge >= 0.3 is 5.76 Å². The Hall–Kier alpha value is -3.90. The van der Waals surface area contributed by atoms with Crippen LogP contribution in [-0.4, -0.2) is 26.2 Å². The third-order valence-electron chi connectivity index (χ3n) is 5.08. The van der Waals surface area contributed by atoms with Crippen molar-refractivity contribution in [2.75, 3.05) is 5.32 Å². The fourth-order valence-corrected chi connectivity index (χ4v) is 4.48. The summed E-state index contributed by atoms with van der Waals surface area (Å²) in [6.45, 7) is 3.36. The Morgan fingerprint density at radius 3 is 2.56 bits per heavy atom. The fraction of sp³-hybridized carbons (Fsp3) is 0.182. The molecule has 9 nitrogen and oxygen atoms in total. The Kier molecular flexibility index (Phi) is 6.26. The normalized spacial score (nSPS) is 12.0. The average Bonchev–Trinajstić information content (AvgIpc) is 3.39. The number of rotatable bonds is 7. The number of halogens is 2. The molecule has 4 aromatic rings.